The van der Waals surface area contributed by atoms with E-state index in [1.165, 1.54) is 24.9 Å². The Morgan fingerprint density at radius 3 is 3.00 bits per heavy atom. The maximum absolute atomic E-state index is 12.9. The molecule has 0 bridgehead atoms. The number of nitrogens with one attached hydrogen (secondary N) is 1. The first kappa shape index (κ1) is 13.7. The van der Waals surface area contributed by atoms with Gasteiger partial charge in [0.1, 0.15) is 6.17 Å². The van der Waals surface area contributed by atoms with Crippen LogP contribution in [0.3, 0.4) is 0 Å². The number of hydrogen-bond acceptors (Lipinski definition) is 4. The zero-order valence-electron chi connectivity index (χ0n) is 12.5. The SMILES string of the molecule is CCC1NC(c2ccsc2)N(C2CCN3CCCC23)C1=O. The Morgan fingerprint density at radius 1 is 1.33 bits per heavy atom. The van der Waals surface area contributed by atoms with Crippen LogP contribution in [0.5, 0.6) is 0 Å². The minimum atomic E-state index is -0.00893. The van der Waals surface area contributed by atoms with Gasteiger partial charge in [-0.05, 0) is 54.6 Å². The molecular weight excluding hydrogens is 282 g/mol. The second-order valence-corrected chi connectivity index (χ2v) is 7.21. The zero-order valence-corrected chi connectivity index (χ0v) is 13.3. The van der Waals surface area contributed by atoms with Gasteiger partial charge in [-0.15, -0.1) is 0 Å². The molecule has 4 atom stereocenters. The number of carbonyl (C=O) groups is 1. The fourth-order valence-electron chi connectivity index (χ4n) is 4.36. The predicted molar refractivity (Wildman–Crippen MR) is 84.1 cm³/mol. The van der Waals surface area contributed by atoms with Gasteiger partial charge in [0.15, 0.2) is 0 Å². The van der Waals surface area contributed by atoms with Crippen LogP contribution in [0.4, 0.5) is 0 Å². The Kier molecular flexibility index (Phi) is 3.52. The Labute approximate surface area is 130 Å². The molecule has 4 heterocycles. The molecule has 21 heavy (non-hydrogen) atoms. The van der Waals surface area contributed by atoms with E-state index in [1.54, 1.807) is 11.3 Å². The number of carbonyl (C=O) groups excluding carboxylic acids is 1. The Balaban J connectivity index is 1.65. The van der Waals surface area contributed by atoms with Crippen molar-refractivity contribution in [1.82, 2.24) is 15.1 Å². The molecule has 0 aromatic carbocycles. The van der Waals surface area contributed by atoms with E-state index in [0.29, 0.717) is 18.0 Å². The molecule has 3 saturated heterocycles. The highest BCUT2D eigenvalue weighted by molar-refractivity contribution is 7.07. The van der Waals surface area contributed by atoms with E-state index in [2.05, 4.69) is 38.9 Å². The van der Waals surface area contributed by atoms with Gasteiger partial charge in [-0.2, -0.15) is 11.3 Å². The molecule has 4 nitrogen and oxygen atoms in total. The molecule has 0 aliphatic carbocycles. The summed E-state index contributed by atoms with van der Waals surface area (Å²) in [5, 5.41) is 7.85. The normalized spacial score (nSPS) is 36.6. The summed E-state index contributed by atoms with van der Waals surface area (Å²) < 4.78 is 0. The number of fused-ring (bicyclic) bond motifs is 1. The highest BCUT2D eigenvalue weighted by Crippen LogP contribution is 2.38. The summed E-state index contributed by atoms with van der Waals surface area (Å²) in [5.41, 5.74) is 1.25. The lowest BCUT2D eigenvalue weighted by Crippen LogP contribution is -2.45. The lowest BCUT2D eigenvalue weighted by Gasteiger charge is -2.33. The van der Waals surface area contributed by atoms with Gasteiger partial charge < -0.3 is 4.90 Å². The molecule has 5 heteroatoms. The van der Waals surface area contributed by atoms with Crippen molar-refractivity contribution in [2.75, 3.05) is 13.1 Å². The largest absolute Gasteiger partial charge is 0.317 e. The van der Waals surface area contributed by atoms with Gasteiger partial charge in [-0.3, -0.25) is 15.0 Å². The summed E-state index contributed by atoms with van der Waals surface area (Å²) >= 11 is 1.71. The Morgan fingerprint density at radius 2 is 2.24 bits per heavy atom. The summed E-state index contributed by atoms with van der Waals surface area (Å²) in [7, 11) is 0. The van der Waals surface area contributed by atoms with E-state index in [0.717, 1.165) is 19.4 Å². The van der Waals surface area contributed by atoms with Crippen LogP contribution in [0.15, 0.2) is 16.8 Å². The van der Waals surface area contributed by atoms with Crippen molar-refractivity contribution in [3.05, 3.63) is 22.4 Å². The van der Waals surface area contributed by atoms with E-state index in [9.17, 15) is 4.79 Å². The number of hydrogen-bond donors (Lipinski definition) is 1. The molecule has 4 rings (SSSR count). The summed E-state index contributed by atoms with van der Waals surface area (Å²) in [6, 6.07) is 3.13. The van der Waals surface area contributed by atoms with Crippen LogP contribution in [0.1, 0.15) is 44.3 Å². The molecule has 3 aliphatic heterocycles. The van der Waals surface area contributed by atoms with Gasteiger partial charge in [-0.25, -0.2) is 0 Å². The number of amides is 1. The zero-order chi connectivity index (χ0) is 14.4. The monoisotopic (exact) mass is 305 g/mol. The first-order valence-corrected chi connectivity index (χ1v) is 9.08. The molecule has 0 radical (unpaired) electrons. The second kappa shape index (κ2) is 5.38. The molecular formula is C16H23N3OS. The summed E-state index contributed by atoms with van der Waals surface area (Å²) in [4.78, 5) is 17.6. The first-order valence-electron chi connectivity index (χ1n) is 8.14. The molecule has 114 valence electrons. The van der Waals surface area contributed by atoms with Crippen molar-refractivity contribution in [2.24, 2.45) is 0 Å². The molecule has 3 aliphatic rings. The van der Waals surface area contributed by atoms with Crippen LogP contribution in [-0.2, 0) is 4.79 Å². The van der Waals surface area contributed by atoms with Crippen molar-refractivity contribution in [1.29, 1.82) is 0 Å². The number of thiophene rings is 1. The first-order chi connectivity index (χ1) is 10.3. The third-order valence-electron chi connectivity index (χ3n) is 5.38. The van der Waals surface area contributed by atoms with Crippen molar-refractivity contribution in [2.45, 2.75) is 56.9 Å². The maximum atomic E-state index is 12.9. The molecule has 1 aromatic heterocycles. The molecule has 3 fully saturated rings. The number of nitrogens with zero attached hydrogens (tertiary/aromatic N) is 2. The topological polar surface area (TPSA) is 35.6 Å². The fraction of sp³-hybridized carbons (Fsp3) is 0.688. The maximum Gasteiger partial charge on any atom is 0.241 e. The molecule has 1 amide bonds. The lowest BCUT2D eigenvalue weighted by molar-refractivity contribution is -0.132. The van der Waals surface area contributed by atoms with Crippen LogP contribution >= 0.6 is 11.3 Å². The van der Waals surface area contributed by atoms with E-state index in [4.69, 9.17) is 0 Å². The Bertz CT molecular complexity index is 518. The second-order valence-electron chi connectivity index (χ2n) is 6.43. The molecule has 4 unspecified atom stereocenters. The van der Waals surface area contributed by atoms with Crippen LogP contribution in [0.2, 0.25) is 0 Å². The van der Waals surface area contributed by atoms with Crippen molar-refractivity contribution in [3.63, 3.8) is 0 Å². The van der Waals surface area contributed by atoms with Gasteiger partial charge >= 0.3 is 0 Å². The van der Waals surface area contributed by atoms with Crippen molar-refractivity contribution < 1.29 is 4.79 Å². The lowest BCUT2D eigenvalue weighted by atomic mass is 10.0. The molecule has 0 spiro atoms. The summed E-state index contributed by atoms with van der Waals surface area (Å²) in [5.74, 6) is 0.312. The molecule has 1 aromatic rings. The fourth-order valence-corrected chi connectivity index (χ4v) is 5.04. The predicted octanol–water partition coefficient (Wildman–Crippen LogP) is 2.19. The van der Waals surface area contributed by atoms with Gasteiger partial charge in [0, 0.05) is 12.6 Å². The van der Waals surface area contributed by atoms with Gasteiger partial charge in [0.05, 0.1) is 12.1 Å². The number of rotatable bonds is 3. The highest BCUT2D eigenvalue weighted by Gasteiger charge is 2.49. The average Bonchev–Trinajstić information content (AvgIpc) is 3.22. The van der Waals surface area contributed by atoms with E-state index < -0.39 is 0 Å². The third kappa shape index (κ3) is 2.14. The van der Waals surface area contributed by atoms with Crippen molar-refractivity contribution in [3.8, 4) is 0 Å². The molecule has 1 N–H and O–H groups in total. The summed E-state index contributed by atoms with van der Waals surface area (Å²) in [6.45, 7) is 4.48. The minimum absolute atomic E-state index is 0.00893. The van der Waals surface area contributed by atoms with Gasteiger partial charge in [-0.1, -0.05) is 6.92 Å². The summed E-state index contributed by atoms with van der Waals surface area (Å²) in [6.07, 6.45) is 4.63. The van der Waals surface area contributed by atoms with E-state index >= 15 is 0 Å². The quantitative estimate of drug-likeness (QED) is 0.930. The average molecular weight is 305 g/mol. The Hall–Kier alpha value is -0.910. The van der Waals surface area contributed by atoms with Crippen LogP contribution in [-0.4, -0.2) is 46.9 Å². The smallest absolute Gasteiger partial charge is 0.241 e. The van der Waals surface area contributed by atoms with Crippen LogP contribution in [0, 0.1) is 0 Å². The third-order valence-corrected chi connectivity index (χ3v) is 6.09. The molecule has 0 saturated carbocycles. The van der Waals surface area contributed by atoms with Crippen LogP contribution < -0.4 is 5.32 Å². The van der Waals surface area contributed by atoms with E-state index in [-0.39, 0.29) is 12.2 Å². The minimum Gasteiger partial charge on any atom is -0.317 e. The van der Waals surface area contributed by atoms with Crippen molar-refractivity contribution >= 4 is 17.2 Å². The highest BCUT2D eigenvalue weighted by atomic mass is 32.1. The van der Waals surface area contributed by atoms with Gasteiger partial charge in [0.2, 0.25) is 5.91 Å². The van der Waals surface area contributed by atoms with Gasteiger partial charge in [0.25, 0.3) is 0 Å². The van der Waals surface area contributed by atoms with Crippen LogP contribution in [0.25, 0.3) is 0 Å². The van der Waals surface area contributed by atoms with E-state index in [1.807, 2.05) is 0 Å². The standard InChI is InChI=1S/C16H23N3OS/c1-2-12-16(20)19(15(17-12)11-6-9-21-10-11)14-5-8-18-7-3-4-13(14)18/h6,9-10,12-15,17H,2-5,7-8H2,1H3.